The van der Waals surface area contributed by atoms with Gasteiger partial charge in [0.1, 0.15) is 0 Å². The molecule has 1 fully saturated rings. The molecule has 1 aromatic rings. The molecule has 0 amide bonds. The molecular formula is C13H19NO5S2. The van der Waals surface area contributed by atoms with E-state index in [2.05, 4.69) is 0 Å². The molecule has 6 nitrogen and oxygen atoms in total. The zero-order valence-electron chi connectivity index (χ0n) is 12.2. The summed E-state index contributed by atoms with van der Waals surface area (Å²) in [6, 6.07) is 5.44. The van der Waals surface area contributed by atoms with Gasteiger partial charge in [-0.25, -0.2) is 16.8 Å². The van der Waals surface area contributed by atoms with Gasteiger partial charge in [0.15, 0.2) is 9.84 Å². The normalized spacial score (nSPS) is 24.9. The summed E-state index contributed by atoms with van der Waals surface area (Å²) in [6.45, 7) is 4.14. The first-order chi connectivity index (χ1) is 9.60. The van der Waals surface area contributed by atoms with Crippen LogP contribution in [0.3, 0.4) is 0 Å². The summed E-state index contributed by atoms with van der Waals surface area (Å²) >= 11 is 0. The molecule has 0 aliphatic carbocycles. The summed E-state index contributed by atoms with van der Waals surface area (Å²) in [5.74, 6) is 0. The Hall–Kier alpha value is -0.960. The Morgan fingerprint density at radius 3 is 2.10 bits per heavy atom. The lowest BCUT2D eigenvalue weighted by molar-refractivity contribution is -0.0440. The van der Waals surface area contributed by atoms with E-state index in [-0.39, 0.29) is 35.1 Å². The predicted molar refractivity (Wildman–Crippen MR) is 78.3 cm³/mol. The maximum absolute atomic E-state index is 12.6. The Kier molecular flexibility index (Phi) is 4.44. The van der Waals surface area contributed by atoms with Crippen molar-refractivity contribution in [1.82, 2.24) is 4.31 Å². The molecule has 118 valence electrons. The maximum Gasteiger partial charge on any atom is 0.243 e. The van der Waals surface area contributed by atoms with E-state index < -0.39 is 19.9 Å². The van der Waals surface area contributed by atoms with Gasteiger partial charge < -0.3 is 4.74 Å². The van der Waals surface area contributed by atoms with Crippen molar-refractivity contribution in [3.63, 3.8) is 0 Å². The highest BCUT2D eigenvalue weighted by atomic mass is 32.2. The third-order valence-electron chi connectivity index (χ3n) is 3.26. The second kappa shape index (κ2) is 5.68. The fourth-order valence-electron chi connectivity index (χ4n) is 2.34. The maximum atomic E-state index is 12.6. The minimum absolute atomic E-state index is 0.00192. The third-order valence-corrected chi connectivity index (χ3v) is 6.20. The van der Waals surface area contributed by atoms with Gasteiger partial charge in [-0.3, -0.25) is 0 Å². The van der Waals surface area contributed by atoms with Crippen molar-refractivity contribution in [2.45, 2.75) is 35.8 Å². The number of hydrogen-bond donors (Lipinski definition) is 0. The summed E-state index contributed by atoms with van der Waals surface area (Å²) in [6.07, 6.45) is 0.667. The van der Waals surface area contributed by atoms with Crippen LogP contribution in [0.4, 0.5) is 0 Å². The molecular weight excluding hydrogens is 314 g/mol. The highest BCUT2D eigenvalue weighted by Crippen LogP contribution is 2.23. The Morgan fingerprint density at radius 1 is 1.05 bits per heavy atom. The molecule has 0 spiro atoms. The number of morpholine rings is 1. The minimum Gasteiger partial charge on any atom is -0.373 e. The SMILES string of the molecule is C[C@@H]1CN(S(=O)(=O)c2cccc(S(C)(=O)=O)c2)C[C@H](C)O1. The number of rotatable bonds is 3. The van der Waals surface area contributed by atoms with Gasteiger partial charge in [-0.15, -0.1) is 0 Å². The van der Waals surface area contributed by atoms with E-state index in [0.29, 0.717) is 0 Å². The van der Waals surface area contributed by atoms with Crippen LogP contribution in [0.5, 0.6) is 0 Å². The molecule has 0 radical (unpaired) electrons. The molecule has 1 aliphatic rings. The smallest absolute Gasteiger partial charge is 0.243 e. The van der Waals surface area contributed by atoms with Crippen LogP contribution in [0.15, 0.2) is 34.1 Å². The van der Waals surface area contributed by atoms with Crippen LogP contribution in [-0.4, -0.2) is 52.7 Å². The van der Waals surface area contributed by atoms with Gasteiger partial charge in [-0.05, 0) is 32.0 Å². The molecule has 0 aromatic heterocycles. The van der Waals surface area contributed by atoms with Crippen molar-refractivity contribution in [3.05, 3.63) is 24.3 Å². The van der Waals surface area contributed by atoms with Crippen molar-refractivity contribution in [1.29, 1.82) is 0 Å². The van der Waals surface area contributed by atoms with Crippen LogP contribution in [0.1, 0.15) is 13.8 Å². The Balaban J connectivity index is 2.40. The lowest BCUT2D eigenvalue weighted by atomic mass is 10.3. The summed E-state index contributed by atoms with van der Waals surface area (Å²) in [5.41, 5.74) is 0. The Labute approximate surface area is 125 Å². The number of sulfone groups is 1. The summed E-state index contributed by atoms with van der Waals surface area (Å²) in [5, 5.41) is 0. The molecule has 2 rings (SSSR count). The lowest BCUT2D eigenvalue weighted by Gasteiger charge is -2.34. The number of ether oxygens (including phenoxy) is 1. The molecule has 21 heavy (non-hydrogen) atoms. The first-order valence-corrected chi connectivity index (χ1v) is 9.89. The van der Waals surface area contributed by atoms with Crippen LogP contribution in [0.25, 0.3) is 0 Å². The van der Waals surface area contributed by atoms with Crippen LogP contribution in [0.2, 0.25) is 0 Å². The van der Waals surface area contributed by atoms with Crippen molar-refractivity contribution < 1.29 is 21.6 Å². The van der Waals surface area contributed by atoms with Crippen LogP contribution < -0.4 is 0 Å². The fourth-order valence-corrected chi connectivity index (χ4v) is 4.72. The number of hydrogen-bond acceptors (Lipinski definition) is 5. The Bertz CT molecular complexity index is 717. The third kappa shape index (κ3) is 3.63. The summed E-state index contributed by atoms with van der Waals surface area (Å²) < 4.78 is 55.3. The molecule has 1 aliphatic heterocycles. The standard InChI is InChI=1S/C13H19NO5S2/c1-10-8-14(9-11(2)19-10)21(17,18)13-6-4-5-12(7-13)20(3,15)16/h4-7,10-11H,8-9H2,1-3H3/t10-,11+. The molecule has 8 heteroatoms. The van der Waals surface area contributed by atoms with E-state index >= 15 is 0 Å². The zero-order chi connectivity index (χ0) is 15.8. The van der Waals surface area contributed by atoms with Gasteiger partial charge in [0.05, 0.1) is 22.0 Å². The van der Waals surface area contributed by atoms with Gasteiger partial charge in [-0.2, -0.15) is 4.31 Å². The summed E-state index contributed by atoms with van der Waals surface area (Å²) in [4.78, 5) is -0.00958. The quantitative estimate of drug-likeness (QED) is 0.820. The molecule has 0 unspecified atom stereocenters. The van der Waals surface area contributed by atoms with E-state index in [1.54, 1.807) is 0 Å². The van der Waals surface area contributed by atoms with Crippen LogP contribution in [0, 0.1) is 0 Å². The van der Waals surface area contributed by atoms with E-state index in [9.17, 15) is 16.8 Å². The van der Waals surface area contributed by atoms with E-state index in [1.807, 2.05) is 13.8 Å². The summed E-state index contributed by atoms with van der Waals surface area (Å²) in [7, 11) is -7.17. The molecule has 1 saturated heterocycles. The van der Waals surface area contributed by atoms with Crippen LogP contribution >= 0.6 is 0 Å². The van der Waals surface area contributed by atoms with Crippen molar-refractivity contribution in [2.75, 3.05) is 19.3 Å². The average molecular weight is 333 g/mol. The highest BCUT2D eigenvalue weighted by molar-refractivity contribution is 7.91. The van der Waals surface area contributed by atoms with Gasteiger partial charge in [0.2, 0.25) is 10.0 Å². The molecule has 1 aromatic carbocycles. The van der Waals surface area contributed by atoms with E-state index in [1.165, 1.54) is 28.6 Å². The largest absolute Gasteiger partial charge is 0.373 e. The zero-order valence-corrected chi connectivity index (χ0v) is 13.8. The van der Waals surface area contributed by atoms with Crippen molar-refractivity contribution >= 4 is 19.9 Å². The average Bonchev–Trinajstić information content (AvgIpc) is 2.36. The highest BCUT2D eigenvalue weighted by Gasteiger charge is 2.32. The fraction of sp³-hybridized carbons (Fsp3) is 0.538. The molecule has 0 N–H and O–H groups in total. The molecule has 0 saturated carbocycles. The number of nitrogens with zero attached hydrogens (tertiary/aromatic N) is 1. The minimum atomic E-state index is -3.72. The van der Waals surface area contributed by atoms with E-state index in [4.69, 9.17) is 4.74 Å². The van der Waals surface area contributed by atoms with Crippen molar-refractivity contribution in [2.24, 2.45) is 0 Å². The molecule has 0 bridgehead atoms. The van der Waals surface area contributed by atoms with Gasteiger partial charge >= 0.3 is 0 Å². The van der Waals surface area contributed by atoms with Gasteiger partial charge in [-0.1, -0.05) is 6.07 Å². The number of sulfonamides is 1. The number of benzene rings is 1. The van der Waals surface area contributed by atoms with Crippen LogP contribution in [-0.2, 0) is 24.6 Å². The van der Waals surface area contributed by atoms with Gasteiger partial charge in [0.25, 0.3) is 0 Å². The second-order valence-corrected chi connectivity index (χ2v) is 9.28. The first-order valence-electron chi connectivity index (χ1n) is 6.56. The second-order valence-electron chi connectivity index (χ2n) is 5.33. The topological polar surface area (TPSA) is 80.8 Å². The molecule has 1 heterocycles. The first kappa shape index (κ1) is 16.4. The molecule has 2 atom stereocenters. The lowest BCUT2D eigenvalue weighted by Crippen LogP contribution is -2.48. The van der Waals surface area contributed by atoms with Crippen molar-refractivity contribution in [3.8, 4) is 0 Å². The van der Waals surface area contributed by atoms with Gasteiger partial charge in [0, 0.05) is 19.3 Å². The monoisotopic (exact) mass is 333 g/mol. The Morgan fingerprint density at radius 2 is 1.57 bits per heavy atom. The van der Waals surface area contributed by atoms with E-state index in [0.717, 1.165) is 6.26 Å². The predicted octanol–water partition coefficient (Wildman–Crippen LogP) is 0.888.